The lowest BCUT2D eigenvalue weighted by atomic mass is 10.3. The molecule has 0 spiro atoms. The van der Waals surface area contributed by atoms with Crippen molar-refractivity contribution < 1.29 is 39.2 Å². The summed E-state index contributed by atoms with van der Waals surface area (Å²) in [6.07, 6.45) is -4.18. The molecule has 2 fully saturated rings. The van der Waals surface area contributed by atoms with Crippen molar-refractivity contribution in [2.24, 2.45) is 0 Å². The first-order valence-corrected chi connectivity index (χ1v) is 12.2. The van der Waals surface area contributed by atoms with Crippen LogP contribution in [-0.2, 0) is 9.16 Å². The number of carbonyl (C=O) groups is 2. The van der Waals surface area contributed by atoms with Crippen LogP contribution in [0.5, 0.6) is 0 Å². The van der Waals surface area contributed by atoms with Crippen LogP contribution in [0.3, 0.4) is 0 Å². The van der Waals surface area contributed by atoms with E-state index < -0.39 is 52.1 Å². The molecule has 0 aromatic heterocycles. The monoisotopic (exact) mass is 407 g/mol. The minimum absolute atomic E-state index is 0.00876. The SMILES string of the molecule is C[Si](C)(C)OCC(O)CN1C(=O)N(CC(O)CO)C(=O)N(C[C@H]2CO2)C1O. The van der Waals surface area contributed by atoms with Crippen molar-refractivity contribution in [2.75, 3.05) is 39.5 Å². The molecule has 27 heavy (non-hydrogen) atoms. The van der Waals surface area contributed by atoms with Gasteiger partial charge in [-0.15, -0.1) is 0 Å². The number of hydrogen-bond acceptors (Lipinski definition) is 8. The lowest BCUT2D eigenvalue weighted by molar-refractivity contribution is -0.109. The quantitative estimate of drug-likeness (QED) is 0.250. The fourth-order valence-corrected chi connectivity index (χ4v) is 3.24. The Morgan fingerprint density at radius 2 is 1.74 bits per heavy atom. The molecule has 0 bridgehead atoms. The Hall–Kier alpha value is -1.28. The Kier molecular flexibility index (Phi) is 7.19. The van der Waals surface area contributed by atoms with Gasteiger partial charge >= 0.3 is 12.1 Å². The van der Waals surface area contributed by atoms with Crippen LogP contribution in [0.2, 0.25) is 19.6 Å². The summed E-state index contributed by atoms with van der Waals surface area (Å²) in [7, 11) is -1.88. The predicted molar refractivity (Wildman–Crippen MR) is 95.1 cm³/mol. The number of ether oxygens (including phenoxy) is 1. The second kappa shape index (κ2) is 8.81. The third-order valence-electron chi connectivity index (χ3n) is 4.03. The van der Waals surface area contributed by atoms with E-state index in [1.807, 2.05) is 19.6 Å². The molecule has 156 valence electrons. The highest BCUT2D eigenvalue weighted by atomic mass is 28.4. The van der Waals surface area contributed by atoms with Gasteiger partial charge in [-0.25, -0.2) is 14.5 Å². The van der Waals surface area contributed by atoms with Gasteiger partial charge in [0.2, 0.25) is 6.35 Å². The predicted octanol–water partition coefficient (Wildman–Crippen LogP) is -1.61. The minimum Gasteiger partial charge on any atom is -0.415 e. The number of amides is 4. The summed E-state index contributed by atoms with van der Waals surface area (Å²) in [5.41, 5.74) is 0. The summed E-state index contributed by atoms with van der Waals surface area (Å²) in [6, 6.07) is -1.65. The maximum atomic E-state index is 12.7. The molecule has 0 aliphatic carbocycles. The number of rotatable bonds is 10. The van der Waals surface area contributed by atoms with E-state index in [0.717, 1.165) is 14.7 Å². The zero-order chi connectivity index (χ0) is 20.4. The van der Waals surface area contributed by atoms with Gasteiger partial charge in [0.1, 0.15) is 0 Å². The van der Waals surface area contributed by atoms with Crippen LogP contribution in [-0.4, -0.2) is 120 Å². The highest BCUT2D eigenvalue weighted by Gasteiger charge is 2.46. The summed E-state index contributed by atoms with van der Waals surface area (Å²) in [5, 5.41) is 39.4. The van der Waals surface area contributed by atoms with Crippen LogP contribution in [0, 0.1) is 0 Å². The number of imide groups is 1. The third-order valence-corrected chi connectivity index (χ3v) is 5.07. The standard InChI is InChI=1S/C15H29N3O8Si/c1-27(2,3)26-8-11(21)5-17-13(22)16(4-10(20)7-19)14(23)18(15(17)24)6-12-9-25-12/h10-12,15,19-21,24H,4-9H2,1-3H3/t10?,11?,12-,15?/m0/s1. The zero-order valence-electron chi connectivity index (χ0n) is 15.8. The van der Waals surface area contributed by atoms with E-state index in [2.05, 4.69) is 0 Å². The molecule has 0 aromatic rings. The lowest BCUT2D eigenvalue weighted by Gasteiger charge is -2.45. The number of epoxide rings is 1. The maximum absolute atomic E-state index is 12.7. The number of urea groups is 2. The van der Waals surface area contributed by atoms with Crippen LogP contribution in [0.1, 0.15) is 0 Å². The van der Waals surface area contributed by atoms with Gasteiger partial charge in [-0.1, -0.05) is 0 Å². The number of carbonyl (C=O) groups excluding carboxylic acids is 2. The van der Waals surface area contributed by atoms with Gasteiger partial charge in [0.25, 0.3) is 0 Å². The summed E-state index contributed by atoms with van der Waals surface area (Å²) >= 11 is 0. The largest absolute Gasteiger partial charge is 0.415 e. The Labute approximate surface area is 158 Å². The van der Waals surface area contributed by atoms with Gasteiger partial charge in [0.05, 0.1) is 57.8 Å². The van der Waals surface area contributed by atoms with E-state index in [0.29, 0.717) is 6.61 Å². The van der Waals surface area contributed by atoms with Gasteiger partial charge in [-0.3, -0.25) is 9.80 Å². The maximum Gasteiger partial charge on any atom is 0.331 e. The molecule has 2 heterocycles. The normalized spacial score (nSPS) is 25.8. The molecule has 2 aliphatic heterocycles. The molecule has 4 atom stereocenters. The number of hydrogen-bond donors (Lipinski definition) is 4. The average molecular weight is 407 g/mol. The van der Waals surface area contributed by atoms with E-state index in [1.165, 1.54) is 0 Å². The Morgan fingerprint density at radius 1 is 1.15 bits per heavy atom. The van der Waals surface area contributed by atoms with Crippen molar-refractivity contribution in [2.45, 2.75) is 44.3 Å². The first-order chi connectivity index (χ1) is 12.5. The fourth-order valence-electron chi connectivity index (χ4n) is 2.55. The summed E-state index contributed by atoms with van der Waals surface area (Å²) in [4.78, 5) is 27.9. The van der Waals surface area contributed by atoms with E-state index >= 15 is 0 Å². The molecule has 4 amide bonds. The van der Waals surface area contributed by atoms with Gasteiger partial charge in [0.15, 0.2) is 8.32 Å². The van der Waals surface area contributed by atoms with Gasteiger partial charge < -0.3 is 29.6 Å². The van der Waals surface area contributed by atoms with Crippen LogP contribution >= 0.6 is 0 Å². The number of nitrogens with zero attached hydrogens (tertiary/aromatic N) is 3. The van der Waals surface area contributed by atoms with Crippen molar-refractivity contribution in [3.8, 4) is 0 Å². The van der Waals surface area contributed by atoms with E-state index in [1.54, 1.807) is 0 Å². The van der Waals surface area contributed by atoms with Crippen molar-refractivity contribution >= 4 is 20.4 Å². The molecule has 0 radical (unpaired) electrons. The van der Waals surface area contributed by atoms with Crippen LogP contribution in [0.4, 0.5) is 9.59 Å². The molecule has 4 N–H and O–H groups in total. The van der Waals surface area contributed by atoms with Crippen LogP contribution in [0.15, 0.2) is 0 Å². The highest BCUT2D eigenvalue weighted by Crippen LogP contribution is 2.22. The van der Waals surface area contributed by atoms with Crippen molar-refractivity contribution in [3.05, 3.63) is 0 Å². The molecule has 12 heteroatoms. The van der Waals surface area contributed by atoms with Crippen molar-refractivity contribution in [1.82, 2.24) is 14.7 Å². The van der Waals surface area contributed by atoms with Gasteiger partial charge in [0, 0.05) is 0 Å². The van der Waals surface area contributed by atoms with Crippen LogP contribution in [0.25, 0.3) is 0 Å². The number of aliphatic hydroxyl groups is 4. The topological polar surface area (TPSA) is 147 Å². The Bertz CT molecular complexity index is 542. The average Bonchev–Trinajstić information content (AvgIpc) is 3.41. The van der Waals surface area contributed by atoms with E-state index in [-0.39, 0.29) is 25.8 Å². The number of β-amino-alcohol motifs (C(OH)–C–C–N with tert-alkyl or cyclic N) is 2. The van der Waals surface area contributed by atoms with Gasteiger partial charge in [-0.05, 0) is 19.6 Å². The van der Waals surface area contributed by atoms with E-state index in [4.69, 9.17) is 14.3 Å². The summed E-state index contributed by atoms with van der Waals surface area (Å²) in [6.45, 7) is 5.04. The van der Waals surface area contributed by atoms with E-state index in [9.17, 15) is 24.9 Å². The molecule has 3 unspecified atom stereocenters. The van der Waals surface area contributed by atoms with Crippen molar-refractivity contribution in [1.29, 1.82) is 0 Å². The fraction of sp³-hybridized carbons (Fsp3) is 0.867. The molecular weight excluding hydrogens is 378 g/mol. The minimum atomic E-state index is -1.88. The molecule has 0 saturated carbocycles. The molecule has 2 saturated heterocycles. The lowest BCUT2D eigenvalue weighted by Crippen LogP contribution is -2.68. The zero-order valence-corrected chi connectivity index (χ0v) is 16.8. The molecular formula is C15H29N3O8Si. The summed E-state index contributed by atoms with van der Waals surface area (Å²) < 4.78 is 10.7. The molecule has 2 aliphatic rings. The first kappa shape index (κ1) is 22.0. The Balaban J connectivity index is 2.11. The third kappa shape index (κ3) is 6.10. The molecule has 11 nitrogen and oxygen atoms in total. The smallest absolute Gasteiger partial charge is 0.331 e. The molecule has 0 aromatic carbocycles. The second-order valence-corrected chi connectivity index (χ2v) is 12.2. The molecule has 2 rings (SSSR count). The first-order valence-electron chi connectivity index (χ1n) is 8.83. The second-order valence-electron chi connectivity index (χ2n) is 7.70. The Morgan fingerprint density at radius 3 is 2.26 bits per heavy atom. The van der Waals surface area contributed by atoms with Gasteiger partial charge in [-0.2, -0.15) is 0 Å². The van der Waals surface area contributed by atoms with Crippen molar-refractivity contribution in [3.63, 3.8) is 0 Å². The van der Waals surface area contributed by atoms with Crippen LogP contribution < -0.4 is 0 Å². The summed E-state index contributed by atoms with van der Waals surface area (Å²) in [5.74, 6) is 0. The highest BCUT2D eigenvalue weighted by molar-refractivity contribution is 6.69. The number of aliphatic hydroxyl groups excluding tert-OH is 4.